The summed E-state index contributed by atoms with van der Waals surface area (Å²) in [5, 5.41) is 9.01. The number of rotatable bonds is 5. The largest absolute Gasteiger partial charge is 0.493 e. The van der Waals surface area contributed by atoms with Crippen molar-refractivity contribution in [1.82, 2.24) is 0 Å². The van der Waals surface area contributed by atoms with Gasteiger partial charge in [0.1, 0.15) is 11.6 Å². The van der Waals surface area contributed by atoms with Gasteiger partial charge in [0.25, 0.3) is 0 Å². The summed E-state index contributed by atoms with van der Waals surface area (Å²) in [5.41, 5.74) is 0.748. The molecule has 26 heavy (non-hydrogen) atoms. The minimum atomic E-state index is -0.739. The summed E-state index contributed by atoms with van der Waals surface area (Å²) in [7, 11) is 2.62. The maximum Gasteiger partial charge on any atom is 0.348 e. The molecule has 2 aromatic carbocycles. The number of nitriles is 1. The summed E-state index contributed by atoms with van der Waals surface area (Å²) in [6, 6.07) is 13.2. The maximum atomic E-state index is 12.2. The number of carbonyl (C=O) groups is 2. The number of benzene rings is 2. The Morgan fingerprint density at radius 2 is 1.77 bits per heavy atom. The van der Waals surface area contributed by atoms with Crippen LogP contribution in [-0.4, -0.2) is 26.2 Å². The average molecular weight is 416 g/mol. The third-order valence-electron chi connectivity index (χ3n) is 3.31. The molecule has 0 aliphatic heterocycles. The minimum Gasteiger partial charge on any atom is -0.493 e. The second-order valence-corrected chi connectivity index (χ2v) is 5.88. The van der Waals surface area contributed by atoms with Gasteiger partial charge in [-0.2, -0.15) is 5.26 Å². The normalized spacial score (nSPS) is 10.6. The summed E-state index contributed by atoms with van der Waals surface area (Å²) in [6.45, 7) is 0. The topological polar surface area (TPSA) is 85.6 Å². The molecule has 7 heteroatoms. The predicted octanol–water partition coefficient (Wildman–Crippen LogP) is 3.76. The number of ether oxygens (including phenoxy) is 3. The van der Waals surface area contributed by atoms with Crippen molar-refractivity contribution in [3.8, 4) is 17.6 Å². The number of carbonyl (C=O) groups excluding carboxylic acids is 2. The smallest absolute Gasteiger partial charge is 0.348 e. The molecule has 0 amide bonds. The number of hydrogen-bond acceptors (Lipinski definition) is 6. The van der Waals surface area contributed by atoms with E-state index >= 15 is 0 Å². The minimum absolute atomic E-state index is 0.158. The van der Waals surface area contributed by atoms with Gasteiger partial charge in [-0.15, -0.1) is 0 Å². The number of esters is 2. The van der Waals surface area contributed by atoms with Crippen LogP contribution < -0.4 is 9.47 Å². The van der Waals surface area contributed by atoms with Crippen molar-refractivity contribution in [3.05, 3.63) is 63.6 Å². The fraction of sp³-hybridized carbons (Fsp3) is 0.105. The Hall–Kier alpha value is -3.11. The molecule has 0 saturated carbocycles. The number of nitrogens with zero attached hydrogens (tertiary/aromatic N) is 1. The quantitative estimate of drug-likeness (QED) is 0.319. The van der Waals surface area contributed by atoms with Crippen LogP contribution in [0.1, 0.15) is 15.9 Å². The molecule has 2 rings (SSSR count). The summed E-state index contributed by atoms with van der Waals surface area (Å²) >= 11 is 3.30. The lowest BCUT2D eigenvalue weighted by Crippen LogP contribution is -2.09. The lowest BCUT2D eigenvalue weighted by atomic mass is 10.1. The molecule has 0 bridgehead atoms. The van der Waals surface area contributed by atoms with Crippen molar-refractivity contribution in [2.75, 3.05) is 14.2 Å². The third-order valence-corrected chi connectivity index (χ3v) is 3.84. The lowest BCUT2D eigenvalue weighted by Gasteiger charge is -2.10. The van der Waals surface area contributed by atoms with E-state index in [4.69, 9.17) is 14.7 Å². The molecule has 2 aromatic rings. The molecule has 0 aliphatic carbocycles. The number of hydrogen-bond donors (Lipinski definition) is 0. The van der Waals surface area contributed by atoms with Gasteiger partial charge in [0, 0.05) is 4.47 Å². The van der Waals surface area contributed by atoms with Gasteiger partial charge in [0.2, 0.25) is 0 Å². The van der Waals surface area contributed by atoms with Crippen molar-refractivity contribution in [2.24, 2.45) is 0 Å². The van der Waals surface area contributed by atoms with Crippen LogP contribution in [0.3, 0.4) is 0 Å². The Labute approximate surface area is 158 Å². The molecule has 0 unspecified atom stereocenters. The van der Waals surface area contributed by atoms with E-state index in [1.54, 1.807) is 42.5 Å². The van der Waals surface area contributed by atoms with Gasteiger partial charge in [0.15, 0.2) is 11.5 Å². The van der Waals surface area contributed by atoms with Crippen LogP contribution in [0.4, 0.5) is 0 Å². The molecule has 0 N–H and O–H groups in total. The fourth-order valence-electron chi connectivity index (χ4n) is 2.02. The van der Waals surface area contributed by atoms with E-state index in [-0.39, 0.29) is 17.1 Å². The molecule has 6 nitrogen and oxygen atoms in total. The van der Waals surface area contributed by atoms with Gasteiger partial charge in [-0.05, 0) is 48.0 Å². The standard InChI is InChI=1S/C19H14BrNO5/c1-24-17-10-12(9-14(11-21)18(22)25-2)3-8-16(17)26-19(23)13-4-6-15(20)7-5-13/h3-10H,1-2H3/b14-9+. The first-order chi connectivity index (χ1) is 12.5. The Morgan fingerprint density at radius 1 is 1.08 bits per heavy atom. The van der Waals surface area contributed by atoms with Crippen molar-refractivity contribution in [1.29, 1.82) is 5.26 Å². The molecule has 0 atom stereocenters. The van der Waals surface area contributed by atoms with E-state index in [1.165, 1.54) is 26.4 Å². The van der Waals surface area contributed by atoms with Gasteiger partial charge < -0.3 is 14.2 Å². The van der Waals surface area contributed by atoms with Gasteiger partial charge in [-0.1, -0.05) is 22.0 Å². The molecule has 0 saturated heterocycles. The van der Waals surface area contributed by atoms with E-state index in [9.17, 15) is 9.59 Å². The van der Waals surface area contributed by atoms with Crippen molar-refractivity contribution < 1.29 is 23.8 Å². The van der Waals surface area contributed by atoms with Crippen LogP contribution >= 0.6 is 15.9 Å². The van der Waals surface area contributed by atoms with Crippen LogP contribution in [0.5, 0.6) is 11.5 Å². The first kappa shape index (κ1) is 19.2. The zero-order valence-electron chi connectivity index (χ0n) is 14.0. The highest BCUT2D eigenvalue weighted by Gasteiger charge is 2.14. The molecular formula is C19H14BrNO5. The molecule has 0 radical (unpaired) electrons. The monoisotopic (exact) mass is 415 g/mol. The Kier molecular flexibility index (Phi) is 6.53. The zero-order chi connectivity index (χ0) is 19.1. The van der Waals surface area contributed by atoms with E-state index < -0.39 is 11.9 Å². The number of halogens is 1. The summed E-state index contributed by atoms with van der Waals surface area (Å²) in [6.07, 6.45) is 1.36. The van der Waals surface area contributed by atoms with Crippen molar-refractivity contribution >= 4 is 33.9 Å². The molecule has 132 valence electrons. The highest BCUT2D eigenvalue weighted by atomic mass is 79.9. The van der Waals surface area contributed by atoms with Crippen LogP contribution in [0.25, 0.3) is 6.08 Å². The van der Waals surface area contributed by atoms with Crippen LogP contribution in [0.2, 0.25) is 0 Å². The Balaban J connectivity index is 2.27. The SMILES string of the molecule is COC(=O)/C(C#N)=C/c1ccc(OC(=O)c2ccc(Br)cc2)c(OC)c1. The lowest BCUT2D eigenvalue weighted by molar-refractivity contribution is -0.135. The van der Waals surface area contributed by atoms with Crippen molar-refractivity contribution in [3.63, 3.8) is 0 Å². The Bertz CT molecular complexity index is 897. The highest BCUT2D eigenvalue weighted by Crippen LogP contribution is 2.30. The molecule has 0 aromatic heterocycles. The maximum absolute atomic E-state index is 12.2. The molecule has 0 aliphatic rings. The molecular weight excluding hydrogens is 402 g/mol. The zero-order valence-corrected chi connectivity index (χ0v) is 15.6. The first-order valence-electron chi connectivity index (χ1n) is 7.34. The van der Waals surface area contributed by atoms with E-state index in [0.717, 1.165) is 4.47 Å². The summed E-state index contributed by atoms with van der Waals surface area (Å²) in [5.74, 6) is -0.774. The number of methoxy groups -OCH3 is 2. The van der Waals surface area contributed by atoms with Gasteiger partial charge in [-0.3, -0.25) is 0 Å². The van der Waals surface area contributed by atoms with Crippen LogP contribution in [0.15, 0.2) is 52.5 Å². The van der Waals surface area contributed by atoms with Gasteiger partial charge >= 0.3 is 11.9 Å². The van der Waals surface area contributed by atoms with Crippen LogP contribution in [0, 0.1) is 11.3 Å². The fourth-order valence-corrected chi connectivity index (χ4v) is 2.28. The first-order valence-corrected chi connectivity index (χ1v) is 8.13. The summed E-state index contributed by atoms with van der Waals surface area (Å²) < 4.78 is 16.0. The second-order valence-electron chi connectivity index (χ2n) is 4.97. The van der Waals surface area contributed by atoms with Crippen LogP contribution in [-0.2, 0) is 9.53 Å². The molecule has 0 fully saturated rings. The van der Waals surface area contributed by atoms with E-state index in [2.05, 4.69) is 20.7 Å². The third kappa shape index (κ3) is 4.71. The molecule has 0 spiro atoms. The van der Waals surface area contributed by atoms with Gasteiger partial charge in [-0.25, -0.2) is 9.59 Å². The average Bonchev–Trinajstić information content (AvgIpc) is 2.66. The predicted molar refractivity (Wildman–Crippen MR) is 97.7 cm³/mol. The molecule has 0 heterocycles. The van der Waals surface area contributed by atoms with E-state index in [1.807, 2.05) is 0 Å². The summed E-state index contributed by atoms with van der Waals surface area (Å²) in [4.78, 5) is 23.7. The Morgan fingerprint density at radius 3 is 2.35 bits per heavy atom. The van der Waals surface area contributed by atoms with Gasteiger partial charge in [0.05, 0.1) is 19.8 Å². The second kappa shape index (κ2) is 8.83. The van der Waals surface area contributed by atoms with Crippen molar-refractivity contribution in [2.45, 2.75) is 0 Å². The van der Waals surface area contributed by atoms with E-state index in [0.29, 0.717) is 11.1 Å². The highest BCUT2D eigenvalue weighted by molar-refractivity contribution is 9.10.